The summed E-state index contributed by atoms with van der Waals surface area (Å²) in [6.45, 7) is 10.8. The second kappa shape index (κ2) is 7.50. The molecule has 20 heavy (non-hydrogen) atoms. The molecule has 5 heteroatoms. The molecule has 1 aliphatic heterocycles. The fourth-order valence-corrected chi connectivity index (χ4v) is 2.26. The molecule has 5 nitrogen and oxygen atoms in total. The van der Waals surface area contributed by atoms with Crippen molar-refractivity contribution in [1.29, 1.82) is 0 Å². The number of nitrogens with zero attached hydrogens (tertiary/aromatic N) is 2. The molecule has 0 radical (unpaired) electrons. The number of carbonyl (C=O) groups excluding carboxylic acids is 2. The standard InChI is InChI=1S/C15H29N3O2/c1-5-6-8-13(19)17-9-7-10-18(12-11-17)14(20)16-15(2,3)4/h5-12H2,1-4H3,(H,16,20). The van der Waals surface area contributed by atoms with E-state index in [-0.39, 0.29) is 17.5 Å². The molecule has 0 spiro atoms. The monoisotopic (exact) mass is 283 g/mol. The number of nitrogens with one attached hydrogen (secondary N) is 1. The van der Waals surface area contributed by atoms with E-state index in [1.54, 1.807) is 0 Å². The maximum atomic E-state index is 12.1. The van der Waals surface area contributed by atoms with Crippen LogP contribution >= 0.6 is 0 Å². The van der Waals surface area contributed by atoms with Gasteiger partial charge in [0.05, 0.1) is 0 Å². The Labute approximate surface area is 122 Å². The number of urea groups is 1. The van der Waals surface area contributed by atoms with Crippen LogP contribution in [-0.2, 0) is 4.79 Å². The molecular weight excluding hydrogens is 254 g/mol. The third kappa shape index (κ3) is 5.80. The first-order chi connectivity index (χ1) is 9.33. The average molecular weight is 283 g/mol. The van der Waals surface area contributed by atoms with Crippen LogP contribution in [0.3, 0.4) is 0 Å². The Morgan fingerprint density at radius 1 is 1.05 bits per heavy atom. The molecule has 1 rings (SSSR count). The molecule has 1 aliphatic rings. The molecule has 0 aliphatic carbocycles. The second-order valence-electron chi connectivity index (χ2n) is 6.51. The number of rotatable bonds is 3. The Morgan fingerprint density at radius 2 is 1.65 bits per heavy atom. The molecule has 116 valence electrons. The van der Waals surface area contributed by atoms with E-state index in [4.69, 9.17) is 0 Å². The quantitative estimate of drug-likeness (QED) is 0.863. The maximum absolute atomic E-state index is 12.1. The van der Waals surface area contributed by atoms with Gasteiger partial charge in [-0.25, -0.2) is 4.79 Å². The van der Waals surface area contributed by atoms with Crippen molar-refractivity contribution in [2.24, 2.45) is 0 Å². The van der Waals surface area contributed by atoms with Crippen LogP contribution in [0.2, 0.25) is 0 Å². The SMILES string of the molecule is CCCCC(=O)N1CCCN(C(=O)NC(C)(C)C)CC1. The van der Waals surface area contributed by atoms with Gasteiger partial charge >= 0.3 is 6.03 Å². The molecule has 1 saturated heterocycles. The first-order valence-corrected chi connectivity index (χ1v) is 7.68. The van der Waals surface area contributed by atoms with E-state index in [2.05, 4.69) is 12.2 Å². The molecule has 1 N–H and O–H groups in total. The first kappa shape index (κ1) is 16.8. The highest BCUT2D eigenvalue weighted by Crippen LogP contribution is 2.08. The third-order valence-corrected chi connectivity index (χ3v) is 3.36. The van der Waals surface area contributed by atoms with E-state index in [1.807, 2.05) is 30.6 Å². The van der Waals surface area contributed by atoms with Crippen molar-refractivity contribution in [3.05, 3.63) is 0 Å². The lowest BCUT2D eigenvalue weighted by Crippen LogP contribution is -2.49. The van der Waals surface area contributed by atoms with E-state index in [0.29, 0.717) is 19.5 Å². The van der Waals surface area contributed by atoms with E-state index in [1.165, 1.54) is 0 Å². The van der Waals surface area contributed by atoms with Crippen LogP contribution < -0.4 is 5.32 Å². The topological polar surface area (TPSA) is 52.7 Å². The van der Waals surface area contributed by atoms with Crippen LogP contribution in [0.4, 0.5) is 4.79 Å². The van der Waals surface area contributed by atoms with Gasteiger partial charge in [0.2, 0.25) is 5.91 Å². The van der Waals surface area contributed by atoms with E-state index in [0.717, 1.165) is 32.4 Å². The summed E-state index contributed by atoms with van der Waals surface area (Å²) < 4.78 is 0. The minimum absolute atomic E-state index is 0.0274. The molecule has 0 atom stereocenters. The molecular formula is C15H29N3O2. The summed E-state index contributed by atoms with van der Waals surface area (Å²) in [6.07, 6.45) is 3.48. The lowest BCUT2D eigenvalue weighted by atomic mass is 10.1. The first-order valence-electron chi connectivity index (χ1n) is 7.68. The van der Waals surface area contributed by atoms with Crippen molar-refractivity contribution >= 4 is 11.9 Å². The minimum atomic E-state index is -0.222. The average Bonchev–Trinajstić information content (AvgIpc) is 2.59. The maximum Gasteiger partial charge on any atom is 0.317 e. The van der Waals surface area contributed by atoms with Crippen molar-refractivity contribution in [3.8, 4) is 0 Å². The van der Waals surface area contributed by atoms with Crippen LogP contribution in [0.5, 0.6) is 0 Å². The van der Waals surface area contributed by atoms with Crippen molar-refractivity contribution in [3.63, 3.8) is 0 Å². The van der Waals surface area contributed by atoms with Crippen LogP contribution in [-0.4, -0.2) is 53.5 Å². The predicted octanol–water partition coefficient (Wildman–Crippen LogP) is 2.22. The summed E-state index contributed by atoms with van der Waals surface area (Å²) in [6, 6.07) is -0.0274. The van der Waals surface area contributed by atoms with Gasteiger partial charge in [-0.3, -0.25) is 4.79 Å². The Kier molecular flexibility index (Phi) is 6.30. The second-order valence-corrected chi connectivity index (χ2v) is 6.51. The van der Waals surface area contributed by atoms with Gasteiger partial charge in [-0.15, -0.1) is 0 Å². The fourth-order valence-electron chi connectivity index (χ4n) is 2.26. The highest BCUT2D eigenvalue weighted by molar-refractivity contribution is 5.77. The van der Waals surface area contributed by atoms with Crippen LogP contribution in [0.25, 0.3) is 0 Å². The number of carbonyl (C=O) groups is 2. The highest BCUT2D eigenvalue weighted by atomic mass is 16.2. The lowest BCUT2D eigenvalue weighted by molar-refractivity contribution is -0.131. The normalized spacial score (nSPS) is 16.8. The molecule has 0 aromatic carbocycles. The van der Waals surface area contributed by atoms with Crippen molar-refractivity contribution in [2.75, 3.05) is 26.2 Å². The summed E-state index contributed by atoms with van der Waals surface area (Å²) in [4.78, 5) is 27.9. The molecule has 0 saturated carbocycles. The van der Waals surface area contributed by atoms with Gasteiger partial charge in [0.25, 0.3) is 0 Å². The zero-order valence-electron chi connectivity index (χ0n) is 13.4. The van der Waals surface area contributed by atoms with Crippen LogP contribution in [0.1, 0.15) is 53.4 Å². The number of hydrogen-bond donors (Lipinski definition) is 1. The molecule has 1 fully saturated rings. The van der Waals surface area contributed by atoms with Gasteiger partial charge < -0.3 is 15.1 Å². The van der Waals surface area contributed by atoms with Gasteiger partial charge in [0.15, 0.2) is 0 Å². The van der Waals surface area contributed by atoms with E-state index >= 15 is 0 Å². The van der Waals surface area contributed by atoms with Gasteiger partial charge in [0, 0.05) is 38.1 Å². The van der Waals surface area contributed by atoms with E-state index in [9.17, 15) is 9.59 Å². The molecule has 1 heterocycles. The fraction of sp³-hybridized carbons (Fsp3) is 0.867. The minimum Gasteiger partial charge on any atom is -0.341 e. The van der Waals surface area contributed by atoms with E-state index < -0.39 is 0 Å². The zero-order chi connectivity index (χ0) is 15.2. The number of unbranched alkanes of at least 4 members (excludes halogenated alkanes) is 1. The Hall–Kier alpha value is -1.26. The molecule has 3 amide bonds. The number of amides is 3. The van der Waals surface area contributed by atoms with Gasteiger partial charge in [-0.1, -0.05) is 13.3 Å². The van der Waals surface area contributed by atoms with Crippen molar-refractivity contribution in [2.45, 2.75) is 58.9 Å². The predicted molar refractivity (Wildman–Crippen MR) is 80.6 cm³/mol. The Balaban J connectivity index is 2.46. The Morgan fingerprint density at radius 3 is 2.25 bits per heavy atom. The van der Waals surface area contributed by atoms with Crippen LogP contribution in [0, 0.1) is 0 Å². The van der Waals surface area contributed by atoms with Crippen molar-refractivity contribution in [1.82, 2.24) is 15.1 Å². The third-order valence-electron chi connectivity index (χ3n) is 3.36. The molecule has 0 bridgehead atoms. The largest absolute Gasteiger partial charge is 0.341 e. The molecule has 0 aromatic rings. The number of hydrogen-bond acceptors (Lipinski definition) is 2. The summed E-state index contributed by atoms with van der Waals surface area (Å²) in [5.41, 5.74) is -0.222. The van der Waals surface area contributed by atoms with Gasteiger partial charge in [-0.05, 0) is 33.6 Å². The Bertz CT molecular complexity index is 337. The lowest BCUT2D eigenvalue weighted by Gasteiger charge is -2.27. The summed E-state index contributed by atoms with van der Waals surface area (Å²) in [5, 5.41) is 2.98. The summed E-state index contributed by atoms with van der Waals surface area (Å²) in [5.74, 6) is 0.227. The highest BCUT2D eigenvalue weighted by Gasteiger charge is 2.23. The van der Waals surface area contributed by atoms with Gasteiger partial charge in [-0.2, -0.15) is 0 Å². The smallest absolute Gasteiger partial charge is 0.317 e. The molecule has 0 unspecified atom stereocenters. The van der Waals surface area contributed by atoms with Crippen molar-refractivity contribution < 1.29 is 9.59 Å². The molecule has 0 aromatic heterocycles. The van der Waals surface area contributed by atoms with Gasteiger partial charge in [0.1, 0.15) is 0 Å². The van der Waals surface area contributed by atoms with Crippen LogP contribution in [0.15, 0.2) is 0 Å². The zero-order valence-corrected chi connectivity index (χ0v) is 13.4. The summed E-state index contributed by atoms with van der Waals surface area (Å²) >= 11 is 0. The summed E-state index contributed by atoms with van der Waals surface area (Å²) in [7, 11) is 0.